The van der Waals surface area contributed by atoms with Crippen LogP contribution in [0.1, 0.15) is 41.4 Å². The third kappa shape index (κ3) is 3.10. The van der Waals surface area contributed by atoms with Crippen LogP contribution in [0, 0.1) is 13.8 Å². The number of amides is 1. The molecule has 1 fully saturated rings. The Morgan fingerprint density at radius 2 is 2.30 bits per heavy atom. The molecule has 0 aliphatic carbocycles. The van der Waals surface area contributed by atoms with Crippen LogP contribution in [-0.4, -0.2) is 36.6 Å². The van der Waals surface area contributed by atoms with E-state index in [0.717, 1.165) is 36.7 Å². The van der Waals surface area contributed by atoms with Crippen molar-refractivity contribution in [3.63, 3.8) is 0 Å². The molecule has 1 unspecified atom stereocenters. The van der Waals surface area contributed by atoms with Gasteiger partial charge in [0.1, 0.15) is 5.82 Å². The van der Waals surface area contributed by atoms with E-state index in [-0.39, 0.29) is 0 Å². The molecule has 1 aliphatic rings. The number of likely N-dealkylation sites (N-methyl/N-ethyl adjacent to an activating group) is 1. The molecule has 1 aromatic heterocycles. The van der Waals surface area contributed by atoms with Gasteiger partial charge in [-0.25, -0.2) is 4.98 Å². The number of hydrogen-bond donors (Lipinski definition) is 2. The molecule has 1 amide bonds. The van der Waals surface area contributed by atoms with Gasteiger partial charge in [-0.15, -0.1) is 0 Å². The predicted octanol–water partition coefficient (Wildman–Crippen LogP) is 1.38. The summed E-state index contributed by atoms with van der Waals surface area (Å²) >= 11 is 0. The van der Waals surface area contributed by atoms with E-state index in [1.165, 1.54) is 12.8 Å². The minimum absolute atomic E-state index is 0.400. The van der Waals surface area contributed by atoms with Gasteiger partial charge in [-0.05, 0) is 51.8 Å². The van der Waals surface area contributed by atoms with E-state index in [2.05, 4.69) is 22.1 Å². The minimum atomic E-state index is -0.400. The van der Waals surface area contributed by atoms with Crippen molar-refractivity contribution in [2.45, 2.75) is 39.7 Å². The van der Waals surface area contributed by atoms with Crippen molar-refractivity contribution in [2.75, 3.05) is 24.5 Å². The highest BCUT2D eigenvalue weighted by atomic mass is 16.1. The number of pyridine rings is 1. The molecule has 5 nitrogen and oxygen atoms in total. The van der Waals surface area contributed by atoms with E-state index in [4.69, 9.17) is 5.73 Å². The van der Waals surface area contributed by atoms with E-state index < -0.39 is 5.91 Å². The summed E-state index contributed by atoms with van der Waals surface area (Å²) in [5, 5.41) is 3.48. The number of primary amides is 1. The topological polar surface area (TPSA) is 71.2 Å². The Bertz CT molecular complexity index is 495. The van der Waals surface area contributed by atoms with Crippen molar-refractivity contribution >= 4 is 11.7 Å². The van der Waals surface area contributed by atoms with Gasteiger partial charge in [0, 0.05) is 24.8 Å². The molecular weight excluding hydrogens is 252 g/mol. The third-order valence-corrected chi connectivity index (χ3v) is 3.86. The summed E-state index contributed by atoms with van der Waals surface area (Å²) in [5.41, 5.74) is 7.91. The average molecular weight is 276 g/mol. The average Bonchev–Trinajstić information content (AvgIpc) is 2.87. The molecular formula is C15H24N4O. The molecule has 1 atom stereocenters. The molecule has 0 aromatic carbocycles. The van der Waals surface area contributed by atoms with E-state index in [1.807, 2.05) is 19.9 Å². The summed E-state index contributed by atoms with van der Waals surface area (Å²) in [4.78, 5) is 18.5. The van der Waals surface area contributed by atoms with Crippen LogP contribution in [0.3, 0.4) is 0 Å². The first kappa shape index (κ1) is 14.8. The van der Waals surface area contributed by atoms with Crippen LogP contribution in [0.2, 0.25) is 0 Å². The number of hydrogen-bond acceptors (Lipinski definition) is 4. The lowest BCUT2D eigenvalue weighted by Crippen LogP contribution is -2.39. The fourth-order valence-corrected chi connectivity index (χ4v) is 2.89. The van der Waals surface area contributed by atoms with Gasteiger partial charge in [0.15, 0.2) is 0 Å². The lowest BCUT2D eigenvalue weighted by atomic mass is 10.1. The molecule has 1 saturated heterocycles. The molecule has 1 aromatic rings. The van der Waals surface area contributed by atoms with E-state index >= 15 is 0 Å². The minimum Gasteiger partial charge on any atom is -0.365 e. The van der Waals surface area contributed by atoms with Crippen LogP contribution >= 0.6 is 0 Å². The molecule has 0 radical (unpaired) electrons. The molecule has 5 heteroatoms. The Balaban J connectivity index is 2.34. The summed E-state index contributed by atoms with van der Waals surface area (Å²) < 4.78 is 0. The van der Waals surface area contributed by atoms with Crippen molar-refractivity contribution in [3.05, 3.63) is 22.9 Å². The normalized spacial score (nSPS) is 18.2. The number of nitrogens with zero attached hydrogens (tertiary/aromatic N) is 2. The number of anilines is 1. The molecule has 2 rings (SSSR count). The second-order valence-corrected chi connectivity index (χ2v) is 5.48. The van der Waals surface area contributed by atoms with Gasteiger partial charge >= 0.3 is 0 Å². The number of rotatable bonds is 5. The molecule has 3 N–H and O–H groups in total. The van der Waals surface area contributed by atoms with E-state index in [9.17, 15) is 4.79 Å². The number of nitrogens with two attached hydrogens (primary N) is 1. The fourth-order valence-electron chi connectivity index (χ4n) is 2.89. The van der Waals surface area contributed by atoms with Crippen molar-refractivity contribution < 1.29 is 4.79 Å². The highest BCUT2D eigenvalue weighted by Gasteiger charge is 2.22. The molecule has 1 aliphatic heterocycles. The summed E-state index contributed by atoms with van der Waals surface area (Å²) in [5.74, 6) is 0.328. The van der Waals surface area contributed by atoms with Gasteiger partial charge in [0.25, 0.3) is 5.91 Å². The summed E-state index contributed by atoms with van der Waals surface area (Å²) in [6.07, 6.45) is 2.39. The summed E-state index contributed by atoms with van der Waals surface area (Å²) in [7, 11) is 0. The first-order valence-corrected chi connectivity index (χ1v) is 7.29. The zero-order valence-corrected chi connectivity index (χ0v) is 12.6. The highest BCUT2D eigenvalue weighted by molar-refractivity contribution is 5.99. The molecule has 110 valence electrons. The Morgan fingerprint density at radius 3 is 2.85 bits per heavy atom. The number of aromatic nitrogens is 1. The summed E-state index contributed by atoms with van der Waals surface area (Å²) in [6, 6.07) is 2.38. The van der Waals surface area contributed by atoms with Crippen molar-refractivity contribution in [1.29, 1.82) is 0 Å². The van der Waals surface area contributed by atoms with Crippen molar-refractivity contribution in [3.8, 4) is 0 Å². The van der Waals surface area contributed by atoms with E-state index in [0.29, 0.717) is 11.6 Å². The molecule has 0 saturated carbocycles. The first-order valence-electron chi connectivity index (χ1n) is 7.29. The zero-order valence-electron chi connectivity index (χ0n) is 12.6. The molecule has 0 spiro atoms. The Labute approximate surface area is 120 Å². The van der Waals surface area contributed by atoms with Crippen LogP contribution in [0.5, 0.6) is 0 Å². The van der Waals surface area contributed by atoms with Gasteiger partial charge in [0.05, 0.1) is 5.56 Å². The maximum absolute atomic E-state index is 11.8. The fraction of sp³-hybridized carbons (Fsp3) is 0.600. The molecule has 0 bridgehead atoms. The SMILES string of the molecule is CCN(CC1CCCN1)c1nc(C)cc(C)c1C(N)=O. The maximum Gasteiger partial charge on any atom is 0.252 e. The quantitative estimate of drug-likeness (QED) is 0.852. The van der Waals surface area contributed by atoms with Gasteiger partial charge in [-0.1, -0.05) is 0 Å². The van der Waals surface area contributed by atoms with Gasteiger partial charge in [-0.3, -0.25) is 4.79 Å². The highest BCUT2D eigenvalue weighted by Crippen LogP contribution is 2.23. The lowest BCUT2D eigenvalue weighted by Gasteiger charge is -2.27. The Hall–Kier alpha value is -1.62. The number of carbonyl (C=O) groups is 1. The van der Waals surface area contributed by atoms with Crippen molar-refractivity contribution in [1.82, 2.24) is 10.3 Å². The number of aryl methyl sites for hydroxylation is 2. The van der Waals surface area contributed by atoms with Gasteiger partial charge < -0.3 is 16.0 Å². The predicted molar refractivity (Wildman–Crippen MR) is 81.1 cm³/mol. The first-order chi connectivity index (χ1) is 9.52. The molecule has 2 heterocycles. The van der Waals surface area contributed by atoms with Gasteiger partial charge in [-0.2, -0.15) is 0 Å². The van der Waals surface area contributed by atoms with Crippen LogP contribution in [0.25, 0.3) is 0 Å². The lowest BCUT2D eigenvalue weighted by molar-refractivity contribution is 0.1000. The summed E-state index contributed by atoms with van der Waals surface area (Å²) in [6.45, 7) is 8.70. The smallest absolute Gasteiger partial charge is 0.252 e. The monoisotopic (exact) mass is 276 g/mol. The van der Waals surface area contributed by atoms with Gasteiger partial charge in [0.2, 0.25) is 0 Å². The van der Waals surface area contributed by atoms with E-state index in [1.54, 1.807) is 0 Å². The Morgan fingerprint density at radius 1 is 1.55 bits per heavy atom. The number of carbonyl (C=O) groups excluding carboxylic acids is 1. The van der Waals surface area contributed by atoms with Crippen LogP contribution < -0.4 is 16.0 Å². The standard InChI is InChI=1S/C15H24N4O/c1-4-19(9-12-6-5-7-17-12)15-13(14(16)20)10(2)8-11(3)18-15/h8,12,17H,4-7,9H2,1-3H3,(H2,16,20). The largest absolute Gasteiger partial charge is 0.365 e. The maximum atomic E-state index is 11.8. The zero-order chi connectivity index (χ0) is 14.7. The second kappa shape index (κ2) is 6.22. The Kier molecular flexibility index (Phi) is 4.60. The van der Waals surface area contributed by atoms with Crippen LogP contribution in [-0.2, 0) is 0 Å². The molecule has 20 heavy (non-hydrogen) atoms. The second-order valence-electron chi connectivity index (χ2n) is 5.48. The van der Waals surface area contributed by atoms with Crippen molar-refractivity contribution in [2.24, 2.45) is 5.73 Å². The third-order valence-electron chi connectivity index (χ3n) is 3.86. The van der Waals surface area contributed by atoms with Crippen LogP contribution in [0.15, 0.2) is 6.07 Å². The van der Waals surface area contributed by atoms with Crippen LogP contribution in [0.4, 0.5) is 5.82 Å². The number of nitrogens with one attached hydrogen (secondary N) is 1.